The molecule has 0 radical (unpaired) electrons. The second-order valence-electron chi connectivity index (χ2n) is 6.98. The van der Waals surface area contributed by atoms with Crippen LogP contribution in [0.2, 0.25) is 0 Å². The Hall–Kier alpha value is -3.15. The maximum Gasteiger partial charge on any atom is 0.253 e. The number of carbonyl (C=O) groups excluding carboxylic acids is 3. The molecular formula is C22H25N3O3. The zero-order valence-corrected chi connectivity index (χ0v) is 16.2. The van der Waals surface area contributed by atoms with Gasteiger partial charge in [0, 0.05) is 44.2 Å². The van der Waals surface area contributed by atoms with Crippen LogP contribution < -0.4 is 5.32 Å². The molecule has 6 nitrogen and oxygen atoms in total. The van der Waals surface area contributed by atoms with E-state index in [0.29, 0.717) is 37.3 Å². The van der Waals surface area contributed by atoms with Crippen LogP contribution in [0.15, 0.2) is 54.6 Å². The predicted molar refractivity (Wildman–Crippen MR) is 107 cm³/mol. The first-order valence-corrected chi connectivity index (χ1v) is 9.46. The molecule has 3 amide bonds. The number of benzene rings is 2. The number of hydrogen-bond acceptors (Lipinski definition) is 3. The summed E-state index contributed by atoms with van der Waals surface area (Å²) >= 11 is 0. The summed E-state index contributed by atoms with van der Waals surface area (Å²) in [6.07, 6.45) is 0. The van der Waals surface area contributed by atoms with Crippen LogP contribution in [0.3, 0.4) is 0 Å². The van der Waals surface area contributed by atoms with Crippen LogP contribution in [0.1, 0.15) is 46.2 Å². The lowest BCUT2D eigenvalue weighted by atomic mass is 10.1. The maximum absolute atomic E-state index is 12.8. The molecule has 146 valence electrons. The molecule has 0 spiro atoms. The van der Waals surface area contributed by atoms with E-state index in [2.05, 4.69) is 5.32 Å². The van der Waals surface area contributed by atoms with Crippen LogP contribution in [0.4, 0.5) is 0 Å². The zero-order valence-electron chi connectivity index (χ0n) is 16.2. The normalized spacial score (nSPS) is 15.1. The van der Waals surface area contributed by atoms with Crippen LogP contribution in [0.25, 0.3) is 0 Å². The van der Waals surface area contributed by atoms with E-state index in [9.17, 15) is 14.4 Å². The van der Waals surface area contributed by atoms with Gasteiger partial charge >= 0.3 is 0 Å². The highest BCUT2D eigenvalue weighted by Crippen LogP contribution is 2.15. The molecule has 1 aliphatic rings. The van der Waals surface area contributed by atoms with Gasteiger partial charge in [-0.05, 0) is 30.7 Å². The fraction of sp³-hybridized carbons (Fsp3) is 0.318. The van der Waals surface area contributed by atoms with E-state index in [1.54, 1.807) is 34.1 Å². The van der Waals surface area contributed by atoms with E-state index in [-0.39, 0.29) is 23.8 Å². The number of piperazine rings is 1. The number of rotatable bonds is 4. The van der Waals surface area contributed by atoms with E-state index >= 15 is 0 Å². The van der Waals surface area contributed by atoms with Gasteiger partial charge in [-0.15, -0.1) is 0 Å². The molecule has 0 aliphatic carbocycles. The molecule has 2 aromatic rings. The lowest BCUT2D eigenvalue weighted by molar-refractivity contribution is -0.130. The minimum atomic E-state index is -0.215. The molecule has 1 saturated heterocycles. The average molecular weight is 379 g/mol. The van der Waals surface area contributed by atoms with Crippen molar-refractivity contribution in [1.29, 1.82) is 0 Å². The van der Waals surface area contributed by atoms with Crippen molar-refractivity contribution in [2.24, 2.45) is 0 Å². The van der Waals surface area contributed by atoms with Crippen LogP contribution in [-0.2, 0) is 4.79 Å². The molecule has 1 fully saturated rings. The van der Waals surface area contributed by atoms with Crippen LogP contribution in [-0.4, -0.2) is 53.7 Å². The summed E-state index contributed by atoms with van der Waals surface area (Å²) < 4.78 is 0. The third-order valence-corrected chi connectivity index (χ3v) is 5.03. The Morgan fingerprint density at radius 2 is 1.46 bits per heavy atom. The van der Waals surface area contributed by atoms with Gasteiger partial charge in [-0.3, -0.25) is 14.4 Å². The second-order valence-corrected chi connectivity index (χ2v) is 6.98. The van der Waals surface area contributed by atoms with E-state index in [1.807, 2.05) is 37.3 Å². The summed E-state index contributed by atoms with van der Waals surface area (Å²) in [4.78, 5) is 40.3. The molecule has 1 N–H and O–H groups in total. The van der Waals surface area contributed by atoms with Crippen molar-refractivity contribution >= 4 is 17.7 Å². The van der Waals surface area contributed by atoms with Crippen molar-refractivity contribution < 1.29 is 14.4 Å². The summed E-state index contributed by atoms with van der Waals surface area (Å²) in [5, 5.41) is 2.97. The van der Waals surface area contributed by atoms with Crippen molar-refractivity contribution in [3.63, 3.8) is 0 Å². The summed E-state index contributed by atoms with van der Waals surface area (Å²) in [7, 11) is 0. The number of amides is 3. The summed E-state index contributed by atoms with van der Waals surface area (Å²) in [5.74, 6) is -0.306. The smallest absolute Gasteiger partial charge is 0.253 e. The first kappa shape index (κ1) is 19.6. The largest absolute Gasteiger partial charge is 0.346 e. The molecule has 1 atom stereocenters. The zero-order chi connectivity index (χ0) is 20.1. The van der Waals surface area contributed by atoms with E-state index in [0.717, 1.165) is 5.56 Å². The van der Waals surface area contributed by atoms with Gasteiger partial charge in [-0.1, -0.05) is 36.4 Å². The van der Waals surface area contributed by atoms with Crippen LogP contribution in [0.5, 0.6) is 0 Å². The Balaban J connectivity index is 1.65. The van der Waals surface area contributed by atoms with Crippen molar-refractivity contribution in [3.8, 4) is 0 Å². The van der Waals surface area contributed by atoms with Crippen molar-refractivity contribution in [1.82, 2.24) is 15.1 Å². The minimum absolute atomic E-state index is 0.0262. The Bertz CT molecular complexity index is 858. The first-order chi connectivity index (χ1) is 13.5. The monoisotopic (exact) mass is 379 g/mol. The highest BCUT2D eigenvalue weighted by atomic mass is 16.2. The standard InChI is InChI=1S/C22H25N3O3/c1-16(18-7-4-3-5-8-18)23-21(27)19-9-6-10-20(15-19)22(28)25-13-11-24(12-14-25)17(2)26/h3-10,15-16H,11-14H2,1-2H3,(H,23,27). The third-order valence-electron chi connectivity index (χ3n) is 5.03. The molecule has 0 saturated carbocycles. The van der Waals surface area contributed by atoms with E-state index < -0.39 is 0 Å². The van der Waals surface area contributed by atoms with Gasteiger partial charge in [0.25, 0.3) is 11.8 Å². The highest BCUT2D eigenvalue weighted by molar-refractivity contribution is 5.99. The number of carbonyl (C=O) groups is 3. The quantitative estimate of drug-likeness (QED) is 0.887. The van der Waals surface area contributed by atoms with Gasteiger partial charge in [0.1, 0.15) is 0 Å². The predicted octanol–water partition coefficient (Wildman–Crippen LogP) is 2.48. The van der Waals surface area contributed by atoms with Crippen molar-refractivity contribution in [2.75, 3.05) is 26.2 Å². The van der Waals surface area contributed by atoms with Crippen molar-refractivity contribution in [3.05, 3.63) is 71.3 Å². The first-order valence-electron chi connectivity index (χ1n) is 9.46. The molecule has 28 heavy (non-hydrogen) atoms. The molecule has 1 unspecified atom stereocenters. The van der Waals surface area contributed by atoms with Gasteiger partial charge in [-0.25, -0.2) is 0 Å². The molecule has 3 rings (SSSR count). The molecular weight excluding hydrogens is 354 g/mol. The Labute approximate surface area is 165 Å². The average Bonchev–Trinajstić information content (AvgIpc) is 2.74. The molecule has 0 aromatic heterocycles. The fourth-order valence-corrected chi connectivity index (χ4v) is 3.31. The third kappa shape index (κ3) is 4.57. The van der Waals surface area contributed by atoms with Gasteiger partial charge in [0.05, 0.1) is 6.04 Å². The molecule has 1 aliphatic heterocycles. The molecule has 6 heteroatoms. The lowest BCUT2D eigenvalue weighted by Crippen LogP contribution is -2.50. The van der Waals surface area contributed by atoms with Gasteiger partial charge in [0.2, 0.25) is 5.91 Å². The van der Waals surface area contributed by atoms with Crippen LogP contribution >= 0.6 is 0 Å². The molecule has 1 heterocycles. The summed E-state index contributed by atoms with van der Waals surface area (Å²) in [5.41, 5.74) is 1.96. The number of nitrogens with one attached hydrogen (secondary N) is 1. The lowest BCUT2D eigenvalue weighted by Gasteiger charge is -2.34. The van der Waals surface area contributed by atoms with E-state index in [1.165, 1.54) is 6.92 Å². The SMILES string of the molecule is CC(=O)N1CCN(C(=O)c2cccc(C(=O)NC(C)c3ccccc3)c2)CC1. The Kier molecular flexibility index (Phi) is 6.09. The van der Waals surface area contributed by atoms with Gasteiger partial charge in [0.15, 0.2) is 0 Å². The highest BCUT2D eigenvalue weighted by Gasteiger charge is 2.23. The molecule has 0 bridgehead atoms. The van der Waals surface area contributed by atoms with E-state index in [4.69, 9.17) is 0 Å². The number of hydrogen-bond donors (Lipinski definition) is 1. The topological polar surface area (TPSA) is 69.7 Å². The van der Waals surface area contributed by atoms with Gasteiger partial charge in [-0.2, -0.15) is 0 Å². The minimum Gasteiger partial charge on any atom is -0.346 e. The summed E-state index contributed by atoms with van der Waals surface area (Å²) in [6, 6.07) is 16.4. The van der Waals surface area contributed by atoms with Crippen molar-refractivity contribution in [2.45, 2.75) is 19.9 Å². The summed E-state index contributed by atoms with van der Waals surface area (Å²) in [6.45, 7) is 5.54. The molecule has 2 aromatic carbocycles. The van der Waals surface area contributed by atoms with Gasteiger partial charge < -0.3 is 15.1 Å². The van der Waals surface area contributed by atoms with Crippen LogP contribution in [0, 0.1) is 0 Å². The Morgan fingerprint density at radius 3 is 2.11 bits per heavy atom. The maximum atomic E-state index is 12.8. The fourth-order valence-electron chi connectivity index (χ4n) is 3.31. The second kappa shape index (κ2) is 8.69. The number of nitrogens with zero attached hydrogens (tertiary/aromatic N) is 2. The Morgan fingerprint density at radius 1 is 0.857 bits per heavy atom.